The number of aromatic nitrogens is 3. The lowest BCUT2D eigenvalue weighted by Crippen LogP contribution is -2.41. The van der Waals surface area contributed by atoms with Crippen LogP contribution in [0.1, 0.15) is 11.6 Å². The van der Waals surface area contributed by atoms with E-state index < -0.39 is 5.25 Å². The summed E-state index contributed by atoms with van der Waals surface area (Å²) in [4.78, 5) is 13.4. The van der Waals surface area contributed by atoms with Crippen molar-refractivity contribution in [3.8, 4) is 17.1 Å². The lowest BCUT2D eigenvalue weighted by atomic mass is 10.0. The highest BCUT2D eigenvalue weighted by Crippen LogP contribution is 2.39. The second kappa shape index (κ2) is 9.17. The summed E-state index contributed by atoms with van der Waals surface area (Å²) in [6, 6.07) is 24.2. The van der Waals surface area contributed by atoms with Gasteiger partial charge in [-0.15, -0.1) is 10.2 Å². The summed E-state index contributed by atoms with van der Waals surface area (Å²) in [5.74, 6) is 1.29. The molecule has 1 aliphatic heterocycles. The molecule has 2 N–H and O–H groups in total. The largest absolute Gasteiger partial charge is 0.497 e. The third kappa shape index (κ3) is 4.40. The lowest BCUT2D eigenvalue weighted by molar-refractivity contribution is -0.116. The molecule has 0 aliphatic carbocycles. The highest BCUT2D eigenvalue weighted by molar-refractivity contribution is 8.00. The minimum atomic E-state index is -0.491. The maximum atomic E-state index is 13.4. The predicted octanol–water partition coefficient (Wildman–Crippen LogP) is 5.00. The van der Waals surface area contributed by atoms with Gasteiger partial charge in [0.05, 0.1) is 13.2 Å². The number of rotatable bonds is 5. The van der Waals surface area contributed by atoms with E-state index in [0.717, 1.165) is 16.9 Å². The van der Waals surface area contributed by atoms with Crippen molar-refractivity contribution in [1.82, 2.24) is 14.9 Å². The van der Waals surface area contributed by atoms with Gasteiger partial charge >= 0.3 is 0 Å². The Bertz CT molecular complexity index is 1260. The standard InChI is InChI=1S/C24H20ClN5O2S/c1-32-19-13-7-15(8-14-19)20-21(23(31)26-18-11-9-17(25)10-12-18)33-24-28-27-22(30(24)29-20)16-5-3-2-4-6-16/h2-14,20-21,29H,1H3,(H,26,31)/t20-,21+/m0/s1. The number of amides is 1. The quantitative estimate of drug-likeness (QED) is 0.421. The normalized spacial score (nSPS) is 17.0. The Morgan fingerprint density at radius 2 is 1.76 bits per heavy atom. The second-order valence-corrected chi connectivity index (χ2v) is 8.97. The van der Waals surface area contributed by atoms with Crippen LogP contribution in [0.2, 0.25) is 5.02 Å². The molecule has 0 saturated carbocycles. The van der Waals surface area contributed by atoms with Crippen LogP contribution in [-0.4, -0.2) is 33.1 Å². The molecule has 1 aliphatic rings. The molecule has 1 aromatic heterocycles. The molecule has 166 valence electrons. The Morgan fingerprint density at radius 1 is 1.03 bits per heavy atom. The molecule has 2 heterocycles. The van der Waals surface area contributed by atoms with Gasteiger partial charge in [0, 0.05) is 16.3 Å². The topological polar surface area (TPSA) is 81.1 Å². The summed E-state index contributed by atoms with van der Waals surface area (Å²) in [6.45, 7) is 0. The number of anilines is 1. The minimum absolute atomic E-state index is 0.147. The van der Waals surface area contributed by atoms with Crippen LogP contribution < -0.4 is 15.5 Å². The molecule has 4 aromatic rings. The zero-order valence-electron chi connectivity index (χ0n) is 17.6. The van der Waals surface area contributed by atoms with Crippen molar-refractivity contribution in [1.29, 1.82) is 0 Å². The first-order valence-corrected chi connectivity index (χ1v) is 11.5. The number of fused-ring (bicyclic) bond motifs is 1. The highest BCUT2D eigenvalue weighted by atomic mass is 35.5. The van der Waals surface area contributed by atoms with Crippen molar-refractivity contribution in [3.05, 3.63) is 89.4 Å². The number of hydrogen-bond donors (Lipinski definition) is 2. The molecule has 0 unspecified atom stereocenters. The zero-order chi connectivity index (χ0) is 22.8. The van der Waals surface area contributed by atoms with Gasteiger partial charge in [0.2, 0.25) is 11.1 Å². The third-order valence-corrected chi connectivity index (χ3v) is 6.78. The summed E-state index contributed by atoms with van der Waals surface area (Å²) in [5.41, 5.74) is 6.02. The Morgan fingerprint density at radius 3 is 2.45 bits per heavy atom. The van der Waals surface area contributed by atoms with Crippen LogP contribution in [0.3, 0.4) is 0 Å². The lowest BCUT2D eigenvalue weighted by Gasteiger charge is -2.33. The predicted molar refractivity (Wildman–Crippen MR) is 130 cm³/mol. The first kappa shape index (κ1) is 21.4. The number of nitrogens with zero attached hydrogens (tertiary/aromatic N) is 3. The summed E-state index contributed by atoms with van der Waals surface area (Å²) in [7, 11) is 1.63. The van der Waals surface area contributed by atoms with Crippen LogP contribution in [0.15, 0.2) is 84.0 Å². The van der Waals surface area contributed by atoms with E-state index in [1.165, 1.54) is 11.8 Å². The van der Waals surface area contributed by atoms with Crippen LogP contribution in [-0.2, 0) is 4.79 Å². The van der Waals surface area contributed by atoms with Gasteiger partial charge in [-0.25, -0.2) is 4.68 Å². The number of ether oxygens (including phenoxy) is 1. The molecule has 0 radical (unpaired) electrons. The van der Waals surface area contributed by atoms with Crippen LogP contribution in [0, 0.1) is 0 Å². The molecular weight excluding hydrogens is 458 g/mol. The first-order valence-electron chi connectivity index (χ1n) is 10.3. The van der Waals surface area contributed by atoms with Crippen molar-refractivity contribution in [3.63, 3.8) is 0 Å². The molecule has 0 spiro atoms. The molecule has 0 fully saturated rings. The van der Waals surface area contributed by atoms with Gasteiger partial charge in [-0.2, -0.15) is 0 Å². The molecule has 3 aromatic carbocycles. The van der Waals surface area contributed by atoms with E-state index in [0.29, 0.717) is 21.7 Å². The molecule has 0 bridgehead atoms. The molecule has 0 saturated heterocycles. The average molecular weight is 478 g/mol. The van der Waals surface area contributed by atoms with E-state index in [9.17, 15) is 4.79 Å². The number of methoxy groups -OCH3 is 1. The van der Waals surface area contributed by atoms with E-state index >= 15 is 0 Å². The van der Waals surface area contributed by atoms with Crippen LogP contribution in [0.25, 0.3) is 11.4 Å². The fourth-order valence-corrected chi connectivity index (χ4v) is 4.84. The minimum Gasteiger partial charge on any atom is -0.497 e. The van der Waals surface area contributed by atoms with Gasteiger partial charge in [0.15, 0.2) is 5.82 Å². The summed E-state index contributed by atoms with van der Waals surface area (Å²) in [6.07, 6.45) is 0. The fraction of sp³-hybridized carbons (Fsp3) is 0.125. The van der Waals surface area contributed by atoms with E-state index in [-0.39, 0.29) is 11.9 Å². The van der Waals surface area contributed by atoms with E-state index in [4.69, 9.17) is 16.3 Å². The smallest absolute Gasteiger partial charge is 0.240 e. The van der Waals surface area contributed by atoms with Gasteiger partial charge < -0.3 is 15.5 Å². The van der Waals surface area contributed by atoms with Crippen LogP contribution in [0.4, 0.5) is 5.69 Å². The monoisotopic (exact) mass is 477 g/mol. The number of hydrogen-bond acceptors (Lipinski definition) is 6. The van der Waals surface area contributed by atoms with Crippen molar-refractivity contribution in [2.24, 2.45) is 0 Å². The maximum Gasteiger partial charge on any atom is 0.240 e. The molecule has 7 nitrogen and oxygen atoms in total. The summed E-state index contributed by atoms with van der Waals surface area (Å²) >= 11 is 7.35. The van der Waals surface area contributed by atoms with Crippen molar-refractivity contribution >= 4 is 35.0 Å². The Hall–Kier alpha value is -3.49. The van der Waals surface area contributed by atoms with Crippen molar-refractivity contribution < 1.29 is 9.53 Å². The van der Waals surface area contributed by atoms with Gasteiger partial charge in [0.1, 0.15) is 11.0 Å². The van der Waals surface area contributed by atoms with E-state index in [2.05, 4.69) is 20.9 Å². The molecule has 5 rings (SSSR count). The zero-order valence-corrected chi connectivity index (χ0v) is 19.2. The third-order valence-electron chi connectivity index (χ3n) is 5.31. The van der Waals surface area contributed by atoms with Crippen molar-refractivity contribution in [2.45, 2.75) is 16.4 Å². The molecular formula is C24H20ClN5O2S. The second-order valence-electron chi connectivity index (χ2n) is 7.42. The Balaban J connectivity index is 1.50. The number of halogens is 1. The highest BCUT2D eigenvalue weighted by Gasteiger charge is 2.38. The van der Waals surface area contributed by atoms with E-state index in [1.54, 1.807) is 31.4 Å². The van der Waals surface area contributed by atoms with Gasteiger partial charge in [0.25, 0.3) is 0 Å². The van der Waals surface area contributed by atoms with Gasteiger partial charge in [-0.3, -0.25) is 4.79 Å². The van der Waals surface area contributed by atoms with Crippen molar-refractivity contribution in [2.75, 3.05) is 17.9 Å². The molecule has 33 heavy (non-hydrogen) atoms. The molecule has 1 amide bonds. The average Bonchev–Trinajstić information content (AvgIpc) is 3.28. The Kier molecular flexibility index (Phi) is 5.93. The number of thioether (sulfide) groups is 1. The summed E-state index contributed by atoms with van der Waals surface area (Å²) < 4.78 is 7.15. The van der Waals surface area contributed by atoms with Crippen LogP contribution >= 0.6 is 23.4 Å². The Labute approximate surface area is 200 Å². The van der Waals surface area contributed by atoms with Gasteiger partial charge in [-0.1, -0.05) is 65.8 Å². The number of benzene rings is 3. The number of nitrogens with one attached hydrogen (secondary N) is 2. The first-order chi connectivity index (χ1) is 16.1. The fourth-order valence-electron chi connectivity index (χ4n) is 3.64. The molecule has 2 atom stereocenters. The number of carbonyl (C=O) groups is 1. The van der Waals surface area contributed by atoms with Gasteiger partial charge in [-0.05, 0) is 42.0 Å². The number of carbonyl (C=O) groups excluding carboxylic acids is 1. The molecule has 9 heteroatoms. The SMILES string of the molecule is COc1ccc([C@@H]2Nn3c(nnc3-c3ccccc3)S[C@H]2C(=O)Nc2ccc(Cl)cc2)cc1. The summed E-state index contributed by atoms with van der Waals surface area (Å²) in [5, 5.41) is 12.4. The van der Waals surface area contributed by atoms with Crippen LogP contribution in [0.5, 0.6) is 5.75 Å². The van der Waals surface area contributed by atoms with E-state index in [1.807, 2.05) is 59.3 Å². The maximum absolute atomic E-state index is 13.4.